The Bertz CT molecular complexity index is 1010. The second kappa shape index (κ2) is 6.04. The van der Waals surface area contributed by atoms with Crippen molar-refractivity contribution in [3.63, 3.8) is 0 Å². The van der Waals surface area contributed by atoms with Crippen LogP contribution in [-0.2, 0) is 11.8 Å². The number of aromatic nitrogens is 4. The van der Waals surface area contributed by atoms with E-state index < -0.39 is 0 Å². The second-order valence-electron chi connectivity index (χ2n) is 6.42. The highest BCUT2D eigenvalue weighted by atomic mass is 32.1. The average molecular weight is 356 g/mol. The summed E-state index contributed by atoms with van der Waals surface area (Å²) < 4.78 is 0. The van der Waals surface area contributed by atoms with Gasteiger partial charge < -0.3 is 0 Å². The van der Waals surface area contributed by atoms with Crippen molar-refractivity contribution >= 4 is 17.4 Å². The minimum atomic E-state index is -0.250. The largest absolute Gasteiger partial charge is 0.281 e. The lowest BCUT2D eigenvalue weighted by Gasteiger charge is -2.34. The number of hydrogen-bond donors (Lipinski definition) is 1. The number of allylic oxidation sites excluding steroid dienone is 1. The van der Waals surface area contributed by atoms with E-state index in [0.717, 1.165) is 28.2 Å². The zero-order valence-electron chi connectivity index (χ0n) is 14.0. The molecule has 4 aromatic rings. The third-order valence-corrected chi connectivity index (χ3v) is 5.78. The van der Waals surface area contributed by atoms with Gasteiger partial charge in [0.05, 0.1) is 10.4 Å². The van der Waals surface area contributed by atoms with E-state index in [1.54, 1.807) is 11.3 Å². The van der Waals surface area contributed by atoms with Crippen molar-refractivity contribution < 1.29 is 0 Å². The van der Waals surface area contributed by atoms with Crippen molar-refractivity contribution in [3.05, 3.63) is 95.0 Å². The van der Waals surface area contributed by atoms with Gasteiger partial charge in [-0.15, -0.1) is 11.3 Å². The third-order valence-electron chi connectivity index (χ3n) is 5.00. The SMILES string of the molecule is C1=CC(c2ccccc2)(c2cccnc2)Cc2[nH]nc(-c3cncs3)c21. The molecule has 0 saturated carbocycles. The van der Waals surface area contributed by atoms with Crippen LogP contribution in [0.3, 0.4) is 0 Å². The molecular weight excluding hydrogens is 340 g/mol. The van der Waals surface area contributed by atoms with Crippen molar-refractivity contribution in [2.24, 2.45) is 0 Å². The molecule has 5 heteroatoms. The van der Waals surface area contributed by atoms with E-state index in [4.69, 9.17) is 0 Å². The number of H-pyrrole nitrogens is 1. The number of rotatable bonds is 3. The molecule has 4 nitrogen and oxygen atoms in total. The number of hydrogen-bond acceptors (Lipinski definition) is 4. The topological polar surface area (TPSA) is 54.5 Å². The van der Waals surface area contributed by atoms with Crippen LogP contribution in [0.5, 0.6) is 0 Å². The fourth-order valence-electron chi connectivity index (χ4n) is 3.71. The molecule has 0 amide bonds. The normalized spacial score (nSPS) is 18.6. The zero-order valence-corrected chi connectivity index (χ0v) is 14.8. The van der Waals surface area contributed by atoms with Gasteiger partial charge in [-0.2, -0.15) is 5.10 Å². The summed E-state index contributed by atoms with van der Waals surface area (Å²) in [5.41, 5.74) is 7.30. The van der Waals surface area contributed by atoms with Gasteiger partial charge in [-0.05, 0) is 17.2 Å². The maximum Gasteiger partial charge on any atom is 0.111 e. The van der Waals surface area contributed by atoms with E-state index in [0.29, 0.717) is 0 Å². The second-order valence-corrected chi connectivity index (χ2v) is 7.31. The van der Waals surface area contributed by atoms with Crippen LogP contribution >= 0.6 is 11.3 Å². The molecule has 0 radical (unpaired) electrons. The number of nitrogens with one attached hydrogen (secondary N) is 1. The zero-order chi connectivity index (χ0) is 17.4. The molecule has 0 saturated heterocycles. The predicted octanol–water partition coefficient (Wildman–Crippen LogP) is 4.48. The van der Waals surface area contributed by atoms with Crippen LogP contribution in [-0.4, -0.2) is 20.2 Å². The molecule has 3 heterocycles. The lowest BCUT2D eigenvalue weighted by molar-refractivity contribution is 0.618. The molecule has 1 unspecified atom stereocenters. The number of fused-ring (bicyclic) bond motifs is 1. The Balaban J connectivity index is 1.67. The molecular formula is C21H16N4S. The highest BCUT2D eigenvalue weighted by molar-refractivity contribution is 7.13. The molecule has 5 rings (SSSR count). The molecule has 0 bridgehead atoms. The summed E-state index contributed by atoms with van der Waals surface area (Å²) in [6, 6.07) is 14.7. The molecule has 1 aromatic carbocycles. The Hall–Kier alpha value is -3.05. The van der Waals surface area contributed by atoms with Gasteiger partial charge in [-0.1, -0.05) is 48.6 Å². The first kappa shape index (κ1) is 15.2. The van der Waals surface area contributed by atoms with E-state index in [1.807, 2.05) is 30.2 Å². The smallest absolute Gasteiger partial charge is 0.111 e. The number of pyridine rings is 1. The van der Waals surface area contributed by atoms with Gasteiger partial charge in [-0.3, -0.25) is 15.1 Å². The first-order chi connectivity index (χ1) is 12.9. The number of benzene rings is 1. The predicted molar refractivity (Wildman–Crippen MR) is 104 cm³/mol. The first-order valence-corrected chi connectivity index (χ1v) is 9.36. The van der Waals surface area contributed by atoms with Gasteiger partial charge in [0.1, 0.15) is 5.69 Å². The third kappa shape index (κ3) is 2.32. The molecule has 0 fully saturated rings. The Morgan fingerprint density at radius 3 is 2.62 bits per heavy atom. The molecule has 1 atom stereocenters. The van der Waals surface area contributed by atoms with E-state index >= 15 is 0 Å². The lowest BCUT2D eigenvalue weighted by atomic mass is 9.69. The van der Waals surface area contributed by atoms with Crippen LogP contribution in [0.1, 0.15) is 22.4 Å². The molecule has 0 spiro atoms. The van der Waals surface area contributed by atoms with Gasteiger partial charge in [0, 0.05) is 41.7 Å². The summed E-state index contributed by atoms with van der Waals surface area (Å²) in [7, 11) is 0. The standard InChI is InChI=1S/C21H16N4S/c1-2-5-15(6-3-1)21(16-7-4-10-22-12-16)9-8-17-18(11-21)24-25-20(17)19-13-23-14-26-19/h1-10,12-14H,11H2,(H,24,25). The van der Waals surface area contributed by atoms with E-state index in [2.05, 4.69) is 68.7 Å². The summed E-state index contributed by atoms with van der Waals surface area (Å²) in [5, 5.41) is 7.84. The average Bonchev–Trinajstić information content (AvgIpc) is 3.38. The Morgan fingerprint density at radius 1 is 0.962 bits per heavy atom. The Labute approximate surface area is 155 Å². The van der Waals surface area contributed by atoms with E-state index in [1.165, 1.54) is 11.1 Å². The van der Waals surface area contributed by atoms with Crippen molar-refractivity contribution in [1.82, 2.24) is 20.2 Å². The summed E-state index contributed by atoms with van der Waals surface area (Å²) in [4.78, 5) is 9.63. The minimum absolute atomic E-state index is 0.250. The summed E-state index contributed by atoms with van der Waals surface area (Å²) in [5.74, 6) is 0. The van der Waals surface area contributed by atoms with Crippen molar-refractivity contribution in [2.45, 2.75) is 11.8 Å². The summed E-state index contributed by atoms with van der Waals surface area (Å²) >= 11 is 1.61. The van der Waals surface area contributed by atoms with Crippen molar-refractivity contribution in [3.8, 4) is 10.6 Å². The Morgan fingerprint density at radius 2 is 1.85 bits per heavy atom. The summed E-state index contributed by atoms with van der Waals surface area (Å²) in [6.07, 6.45) is 11.0. The van der Waals surface area contributed by atoms with Crippen LogP contribution in [0.15, 0.2) is 72.6 Å². The highest BCUT2D eigenvalue weighted by Gasteiger charge is 2.36. The van der Waals surface area contributed by atoms with Gasteiger partial charge in [0.25, 0.3) is 0 Å². The monoisotopic (exact) mass is 356 g/mol. The number of thiazole rings is 1. The summed E-state index contributed by atoms with van der Waals surface area (Å²) in [6.45, 7) is 0. The molecule has 126 valence electrons. The Kier molecular flexibility index (Phi) is 3.53. The van der Waals surface area contributed by atoms with Crippen LogP contribution in [0.2, 0.25) is 0 Å². The lowest BCUT2D eigenvalue weighted by Crippen LogP contribution is -2.30. The van der Waals surface area contributed by atoms with Crippen LogP contribution in [0, 0.1) is 0 Å². The maximum absolute atomic E-state index is 4.57. The maximum atomic E-state index is 4.57. The van der Waals surface area contributed by atoms with Gasteiger partial charge in [-0.25, -0.2) is 0 Å². The molecule has 1 aliphatic carbocycles. The van der Waals surface area contributed by atoms with E-state index in [-0.39, 0.29) is 5.41 Å². The van der Waals surface area contributed by atoms with Gasteiger partial charge >= 0.3 is 0 Å². The fraction of sp³-hybridized carbons (Fsp3) is 0.0952. The fourth-order valence-corrected chi connectivity index (χ4v) is 4.33. The number of nitrogens with zero attached hydrogens (tertiary/aromatic N) is 3. The molecule has 1 aliphatic rings. The van der Waals surface area contributed by atoms with Crippen LogP contribution in [0.25, 0.3) is 16.6 Å². The molecule has 1 N–H and O–H groups in total. The van der Waals surface area contributed by atoms with Gasteiger partial charge in [0.15, 0.2) is 0 Å². The molecule has 26 heavy (non-hydrogen) atoms. The van der Waals surface area contributed by atoms with Crippen molar-refractivity contribution in [1.29, 1.82) is 0 Å². The number of aromatic amines is 1. The molecule has 3 aromatic heterocycles. The van der Waals surface area contributed by atoms with E-state index in [9.17, 15) is 0 Å². The first-order valence-electron chi connectivity index (χ1n) is 8.48. The molecule has 0 aliphatic heterocycles. The minimum Gasteiger partial charge on any atom is -0.281 e. The van der Waals surface area contributed by atoms with Crippen LogP contribution in [0.4, 0.5) is 0 Å². The van der Waals surface area contributed by atoms with Gasteiger partial charge in [0.2, 0.25) is 0 Å². The van der Waals surface area contributed by atoms with Crippen LogP contribution < -0.4 is 0 Å². The highest BCUT2D eigenvalue weighted by Crippen LogP contribution is 2.42. The van der Waals surface area contributed by atoms with Crippen molar-refractivity contribution in [2.75, 3.05) is 0 Å². The quantitative estimate of drug-likeness (QED) is 0.589.